The molecule has 0 unspecified atom stereocenters. The lowest BCUT2D eigenvalue weighted by Gasteiger charge is -2.31. The number of nitrogens with zero attached hydrogens (tertiary/aromatic N) is 1. The van der Waals surface area contributed by atoms with Gasteiger partial charge in [0.05, 0.1) is 22.7 Å². The Kier molecular flexibility index (Phi) is 3.37. The Morgan fingerprint density at radius 1 is 1.62 bits per heavy atom. The van der Waals surface area contributed by atoms with Crippen LogP contribution in [0.5, 0.6) is 0 Å². The van der Waals surface area contributed by atoms with Crippen molar-refractivity contribution in [3.05, 3.63) is 16.1 Å². The van der Waals surface area contributed by atoms with Crippen LogP contribution in [0.15, 0.2) is 5.38 Å². The predicted octanol–water partition coefficient (Wildman–Crippen LogP) is 1.07. The van der Waals surface area contributed by atoms with Crippen LogP contribution in [0.2, 0.25) is 0 Å². The maximum atomic E-state index is 12.1. The highest BCUT2D eigenvalue weighted by molar-refractivity contribution is 7.09. The number of nitrogens with two attached hydrogens (primary N) is 1. The van der Waals surface area contributed by atoms with E-state index in [1.807, 2.05) is 12.3 Å². The number of thiazole rings is 1. The fourth-order valence-electron chi connectivity index (χ4n) is 1.84. The molecule has 4 nitrogen and oxygen atoms in total. The second-order valence-corrected chi connectivity index (χ2v) is 5.29. The Bertz CT molecular complexity index is 383. The molecule has 1 saturated heterocycles. The lowest BCUT2D eigenvalue weighted by atomic mass is 9.85. The largest absolute Gasteiger partial charge is 0.381 e. The molecular weight excluding hydrogens is 224 g/mol. The Labute approximate surface area is 98.8 Å². The molecule has 88 valence electrons. The highest BCUT2D eigenvalue weighted by Crippen LogP contribution is 2.21. The van der Waals surface area contributed by atoms with Gasteiger partial charge in [-0.05, 0) is 19.8 Å². The van der Waals surface area contributed by atoms with Crippen LogP contribution in [-0.4, -0.2) is 29.5 Å². The molecule has 0 atom stereocenters. The second-order valence-electron chi connectivity index (χ2n) is 4.23. The van der Waals surface area contributed by atoms with Crippen molar-refractivity contribution >= 4 is 17.1 Å². The van der Waals surface area contributed by atoms with E-state index in [9.17, 15) is 4.79 Å². The van der Waals surface area contributed by atoms with E-state index < -0.39 is 5.54 Å². The molecule has 1 aromatic rings. The number of aryl methyl sites for hydroxylation is 1. The minimum atomic E-state index is -0.699. The molecule has 1 aliphatic rings. The molecule has 0 saturated carbocycles. The number of carbonyl (C=O) groups is 1. The fraction of sp³-hybridized carbons (Fsp3) is 0.636. The molecule has 0 bridgehead atoms. The van der Waals surface area contributed by atoms with Crippen molar-refractivity contribution < 1.29 is 9.53 Å². The summed E-state index contributed by atoms with van der Waals surface area (Å²) in [5.41, 5.74) is 6.24. The number of carbonyl (C=O) groups excluding carboxylic acids is 1. The summed E-state index contributed by atoms with van der Waals surface area (Å²) in [7, 11) is 0. The van der Waals surface area contributed by atoms with Crippen molar-refractivity contribution in [2.24, 2.45) is 5.73 Å². The van der Waals surface area contributed by atoms with Crippen LogP contribution < -0.4 is 5.73 Å². The van der Waals surface area contributed by atoms with Gasteiger partial charge in [0.1, 0.15) is 0 Å². The van der Waals surface area contributed by atoms with Gasteiger partial charge in [0.15, 0.2) is 5.78 Å². The second kappa shape index (κ2) is 4.61. The SMILES string of the molecule is Cc1nc(CC(=O)C2(N)CCOCC2)cs1. The average Bonchev–Trinajstić information content (AvgIpc) is 2.65. The molecule has 1 aromatic heterocycles. The third-order valence-electron chi connectivity index (χ3n) is 2.95. The van der Waals surface area contributed by atoms with Crippen LogP contribution >= 0.6 is 11.3 Å². The molecule has 0 spiro atoms. The zero-order valence-corrected chi connectivity index (χ0v) is 10.2. The average molecular weight is 240 g/mol. The Morgan fingerprint density at radius 3 is 2.88 bits per heavy atom. The first kappa shape index (κ1) is 11.7. The van der Waals surface area contributed by atoms with Crippen molar-refractivity contribution in [3.63, 3.8) is 0 Å². The van der Waals surface area contributed by atoms with Gasteiger partial charge in [-0.1, -0.05) is 0 Å². The molecule has 5 heteroatoms. The van der Waals surface area contributed by atoms with Gasteiger partial charge in [-0.15, -0.1) is 11.3 Å². The van der Waals surface area contributed by atoms with Gasteiger partial charge in [-0.3, -0.25) is 4.79 Å². The number of Topliss-reactive ketones (excluding diaryl/α,β-unsaturated/α-hetero) is 1. The highest BCUT2D eigenvalue weighted by Gasteiger charge is 2.35. The van der Waals surface area contributed by atoms with Crippen LogP contribution in [0.4, 0.5) is 0 Å². The number of hydrogen-bond donors (Lipinski definition) is 1. The van der Waals surface area contributed by atoms with Crippen LogP contribution in [0.1, 0.15) is 23.5 Å². The lowest BCUT2D eigenvalue weighted by Crippen LogP contribution is -2.52. The van der Waals surface area contributed by atoms with Crippen LogP contribution in [-0.2, 0) is 16.0 Å². The molecule has 2 heterocycles. The summed E-state index contributed by atoms with van der Waals surface area (Å²) in [6.07, 6.45) is 1.59. The molecule has 1 fully saturated rings. The van der Waals surface area contributed by atoms with E-state index in [0.717, 1.165) is 10.7 Å². The van der Waals surface area contributed by atoms with E-state index in [0.29, 0.717) is 32.5 Å². The highest BCUT2D eigenvalue weighted by atomic mass is 32.1. The van der Waals surface area contributed by atoms with Crippen molar-refractivity contribution in [2.45, 2.75) is 31.7 Å². The van der Waals surface area contributed by atoms with Crippen molar-refractivity contribution in [2.75, 3.05) is 13.2 Å². The zero-order valence-electron chi connectivity index (χ0n) is 9.36. The predicted molar refractivity (Wildman–Crippen MR) is 62.5 cm³/mol. The lowest BCUT2D eigenvalue weighted by molar-refractivity contribution is -0.126. The van der Waals surface area contributed by atoms with E-state index in [2.05, 4.69) is 4.98 Å². The van der Waals surface area contributed by atoms with Crippen molar-refractivity contribution in [3.8, 4) is 0 Å². The number of hydrogen-bond acceptors (Lipinski definition) is 5. The molecule has 1 aliphatic heterocycles. The molecule has 0 radical (unpaired) electrons. The van der Waals surface area contributed by atoms with E-state index >= 15 is 0 Å². The first-order valence-electron chi connectivity index (χ1n) is 5.41. The van der Waals surface area contributed by atoms with Gasteiger partial charge < -0.3 is 10.5 Å². The number of rotatable bonds is 3. The Hall–Kier alpha value is -0.780. The molecule has 2 rings (SSSR count). The summed E-state index contributed by atoms with van der Waals surface area (Å²) < 4.78 is 5.22. The summed E-state index contributed by atoms with van der Waals surface area (Å²) in [6, 6.07) is 0. The topological polar surface area (TPSA) is 65.2 Å². The summed E-state index contributed by atoms with van der Waals surface area (Å²) >= 11 is 1.56. The van der Waals surface area contributed by atoms with E-state index in [1.54, 1.807) is 11.3 Å². The Balaban J connectivity index is 2.01. The third kappa shape index (κ3) is 2.48. The number of ketones is 1. The molecule has 0 aliphatic carbocycles. The number of aromatic nitrogens is 1. The van der Waals surface area contributed by atoms with Gasteiger partial charge in [-0.25, -0.2) is 4.98 Å². The quantitative estimate of drug-likeness (QED) is 0.858. The molecule has 2 N–H and O–H groups in total. The summed E-state index contributed by atoms with van der Waals surface area (Å²) in [5, 5.41) is 2.91. The normalized spacial score (nSPS) is 19.6. The van der Waals surface area contributed by atoms with Crippen LogP contribution in [0.25, 0.3) is 0 Å². The number of ether oxygens (including phenoxy) is 1. The summed E-state index contributed by atoms with van der Waals surface area (Å²) in [6.45, 7) is 3.10. The first-order chi connectivity index (χ1) is 7.60. The third-order valence-corrected chi connectivity index (χ3v) is 3.77. The molecule has 16 heavy (non-hydrogen) atoms. The van der Waals surface area contributed by atoms with Gasteiger partial charge in [0, 0.05) is 18.6 Å². The van der Waals surface area contributed by atoms with E-state index in [1.165, 1.54) is 0 Å². The van der Waals surface area contributed by atoms with Gasteiger partial charge >= 0.3 is 0 Å². The van der Waals surface area contributed by atoms with E-state index in [-0.39, 0.29) is 5.78 Å². The first-order valence-corrected chi connectivity index (χ1v) is 6.29. The van der Waals surface area contributed by atoms with Gasteiger partial charge in [0.2, 0.25) is 0 Å². The maximum Gasteiger partial charge on any atom is 0.158 e. The minimum absolute atomic E-state index is 0.0844. The maximum absolute atomic E-state index is 12.1. The minimum Gasteiger partial charge on any atom is -0.381 e. The Morgan fingerprint density at radius 2 is 2.31 bits per heavy atom. The van der Waals surface area contributed by atoms with Crippen molar-refractivity contribution in [1.82, 2.24) is 4.98 Å². The molecule has 0 amide bonds. The standard InChI is InChI=1S/C11H16N2O2S/c1-8-13-9(7-16-8)6-10(14)11(12)2-4-15-5-3-11/h7H,2-6,12H2,1H3. The molecule has 0 aromatic carbocycles. The van der Waals surface area contributed by atoms with Crippen LogP contribution in [0.3, 0.4) is 0 Å². The van der Waals surface area contributed by atoms with Gasteiger partial charge in [0.25, 0.3) is 0 Å². The monoisotopic (exact) mass is 240 g/mol. The van der Waals surface area contributed by atoms with Crippen molar-refractivity contribution in [1.29, 1.82) is 0 Å². The zero-order chi connectivity index (χ0) is 11.6. The van der Waals surface area contributed by atoms with Gasteiger partial charge in [-0.2, -0.15) is 0 Å². The summed E-state index contributed by atoms with van der Waals surface area (Å²) in [5.74, 6) is 0.0844. The molecular formula is C11H16N2O2S. The fourth-order valence-corrected chi connectivity index (χ4v) is 2.46. The summed E-state index contributed by atoms with van der Waals surface area (Å²) in [4.78, 5) is 16.4. The smallest absolute Gasteiger partial charge is 0.158 e. The van der Waals surface area contributed by atoms with Crippen LogP contribution in [0, 0.1) is 6.92 Å². The van der Waals surface area contributed by atoms with E-state index in [4.69, 9.17) is 10.5 Å².